The van der Waals surface area contributed by atoms with Crippen LogP contribution in [0.1, 0.15) is 23.2 Å². The Morgan fingerprint density at radius 2 is 2.05 bits per heavy atom. The second-order valence-corrected chi connectivity index (χ2v) is 6.84. The van der Waals surface area contributed by atoms with Gasteiger partial charge in [-0.3, -0.25) is 4.79 Å². The molecule has 1 heterocycles. The van der Waals surface area contributed by atoms with Crippen LogP contribution in [0.2, 0.25) is 5.02 Å². The van der Waals surface area contributed by atoms with Gasteiger partial charge in [0.2, 0.25) is 10.0 Å². The van der Waals surface area contributed by atoms with E-state index in [0.29, 0.717) is 30.0 Å². The molecule has 0 spiro atoms. The number of carbonyl (C=O) groups excluding carboxylic acids is 1. The van der Waals surface area contributed by atoms with Crippen LogP contribution in [0.15, 0.2) is 24.3 Å². The molecule has 2 N–H and O–H groups in total. The summed E-state index contributed by atoms with van der Waals surface area (Å²) >= 11 is 5.97. The highest BCUT2D eigenvalue weighted by Crippen LogP contribution is 2.21. The summed E-state index contributed by atoms with van der Waals surface area (Å²) in [7, 11) is -3.61. The molecular weight excluding hydrogens is 288 g/mol. The van der Waals surface area contributed by atoms with Crippen molar-refractivity contribution in [3.63, 3.8) is 0 Å². The van der Waals surface area contributed by atoms with Gasteiger partial charge in [-0.25, -0.2) is 13.6 Å². The van der Waals surface area contributed by atoms with Gasteiger partial charge in [-0.15, -0.1) is 0 Å². The zero-order valence-electron chi connectivity index (χ0n) is 10.3. The summed E-state index contributed by atoms with van der Waals surface area (Å²) in [5, 5.41) is 4.83. The molecule has 2 rings (SSSR count). The number of hydrogen-bond donors (Lipinski definition) is 1. The minimum absolute atomic E-state index is 0.128. The molecule has 1 saturated heterocycles. The molecule has 1 atom stereocenters. The molecule has 1 aliphatic heterocycles. The van der Waals surface area contributed by atoms with Crippen molar-refractivity contribution >= 4 is 27.5 Å². The molecule has 5 nitrogen and oxygen atoms in total. The molecule has 1 amide bonds. The molecule has 1 aromatic carbocycles. The quantitative estimate of drug-likeness (QED) is 0.892. The second-order valence-electron chi connectivity index (χ2n) is 4.58. The predicted molar refractivity (Wildman–Crippen MR) is 73.5 cm³/mol. The molecule has 104 valence electrons. The molecule has 1 fully saturated rings. The first-order valence-corrected chi connectivity index (χ1v) is 7.94. The van der Waals surface area contributed by atoms with Crippen molar-refractivity contribution in [1.29, 1.82) is 0 Å². The van der Waals surface area contributed by atoms with Crippen molar-refractivity contribution in [2.24, 2.45) is 5.14 Å². The zero-order chi connectivity index (χ0) is 14.0. The van der Waals surface area contributed by atoms with Crippen molar-refractivity contribution in [2.45, 2.75) is 18.1 Å². The van der Waals surface area contributed by atoms with Crippen LogP contribution < -0.4 is 5.14 Å². The summed E-state index contributed by atoms with van der Waals surface area (Å²) in [6.45, 7) is 0.652. The van der Waals surface area contributed by atoms with E-state index < -0.39 is 15.3 Å². The van der Waals surface area contributed by atoms with E-state index in [1.165, 1.54) is 4.90 Å². The van der Waals surface area contributed by atoms with Gasteiger partial charge in [0.25, 0.3) is 5.91 Å². The largest absolute Gasteiger partial charge is 0.337 e. The molecule has 0 radical (unpaired) electrons. The Labute approximate surface area is 117 Å². The lowest BCUT2D eigenvalue weighted by Gasteiger charge is -2.31. The fourth-order valence-electron chi connectivity index (χ4n) is 2.20. The summed E-state index contributed by atoms with van der Waals surface area (Å²) in [5.74, 6) is -0.251. The number of nitrogens with zero attached hydrogens (tertiary/aromatic N) is 1. The second kappa shape index (κ2) is 5.48. The van der Waals surface area contributed by atoms with Gasteiger partial charge in [0.1, 0.15) is 0 Å². The van der Waals surface area contributed by atoms with Crippen LogP contribution >= 0.6 is 11.6 Å². The van der Waals surface area contributed by atoms with Gasteiger partial charge in [0.05, 0.1) is 15.8 Å². The van der Waals surface area contributed by atoms with E-state index in [2.05, 4.69) is 0 Å². The van der Waals surface area contributed by atoms with Crippen LogP contribution in [-0.4, -0.2) is 37.6 Å². The van der Waals surface area contributed by atoms with Crippen LogP contribution in [0.4, 0.5) is 0 Å². The Morgan fingerprint density at radius 1 is 1.37 bits per heavy atom. The van der Waals surface area contributed by atoms with Crippen molar-refractivity contribution in [2.75, 3.05) is 13.1 Å². The summed E-state index contributed by atoms with van der Waals surface area (Å²) in [6, 6.07) is 6.73. The predicted octanol–water partition coefficient (Wildman–Crippen LogP) is 1.23. The zero-order valence-corrected chi connectivity index (χ0v) is 11.8. The summed E-state index contributed by atoms with van der Waals surface area (Å²) in [6.07, 6.45) is 1.11. The lowest BCUT2D eigenvalue weighted by Crippen LogP contribution is -2.47. The number of hydrogen-bond acceptors (Lipinski definition) is 3. The van der Waals surface area contributed by atoms with E-state index in [-0.39, 0.29) is 12.5 Å². The third-order valence-corrected chi connectivity index (χ3v) is 4.88. The Kier molecular flexibility index (Phi) is 4.13. The number of rotatable bonds is 2. The number of nitrogens with two attached hydrogens (primary N) is 1. The molecule has 0 bridgehead atoms. The number of halogens is 1. The monoisotopic (exact) mass is 302 g/mol. The number of amides is 1. The lowest BCUT2D eigenvalue weighted by atomic mass is 10.1. The number of piperidine rings is 1. The van der Waals surface area contributed by atoms with Gasteiger partial charge in [0.15, 0.2) is 0 Å². The number of benzene rings is 1. The summed E-state index contributed by atoms with van der Waals surface area (Å²) < 4.78 is 22.7. The Morgan fingerprint density at radius 3 is 2.68 bits per heavy atom. The molecule has 7 heteroatoms. The average Bonchev–Trinajstić information content (AvgIpc) is 2.38. The lowest BCUT2D eigenvalue weighted by molar-refractivity contribution is 0.0727. The molecule has 1 aliphatic rings. The molecule has 0 aromatic heterocycles. The van der Waals surface area contributed by atoms with E-state index in [9.17, 15) is 13.2 Å². The number of carbonyl (C=O) groups is 1. The van der Waals surface area contributed by atoms with Crippen molar-refractivity contribution < 1.29 is 13.2 Å². The van der Waals surface area contributed by atoms with Gasteiger partial charge < -0.3 is 4.90 Å². The SMILES string of the molecule is NS(=O)(=O)C1CCCN(C(=O)c2ccccc2Cl)C1. The van der Waals surface area contributed by atoms with Gasteiger partial charge in [-0.05, 0) is 25.0 Å². The molecule has 0 aliphatic carbocycles. The molecular formula is C12H15ClN2O3S. The maximum atomic E-state index is 12.3. The molecule has 1 aromatic rings. The Bertz CT molecular complexity index is 588. The van der Waals surface area contributed by atoms with Crippen LogP contribution in [0.5, 0.6) is 0 Å². The topological polar surface area (TPSA) is 80.5 Å². The minimum Gasteiger partial charge on any atom is -0.337 e. The highest BCUT2D eigenvalue weighted by atomic mass is 35.5. The smallest absolute Gasteiger partial charge is 0.255 e. The van der Waals surface area contributed by atoms with Gasteiger partial charge in [-0.2, -0.15) is 0 Å². The number of primary sulfonamides is 1. The van der Waals surface area contributed by atoms with Crippen molar-refractivity contribution in [1.82, 2.24) is 4.90 Å². The average molecular weight is 303 g/mol. The van der Waals surface area contributed by atoms with Crippen molar-refractivity contribution in [3.05, 3.63) is 34.9 Å². The fraction of sp³-hybridized carbons (Fsp3) is 0.417. The van der Waals surface area contributed by atoms with Gasteiger partial charge in [0, 0.05) is 13.1 Å². The standard InChI is InChI=1S/C12H15ClN2O3S/c13-11-6-2-1-5-10(11)12(16)15-7-3-4-9(8-15)19(14,17)18/h1-2,5-6,9H,3-4,7-8H2,(H2,14,17,18). The van der Waals surface area contributed by atoms with Crippen LogP contribution in [0, 0.1) is 0 Å². The van der Waals surface area contributed by atoms with E-state index in [4.69, 9.17) is 16.7 Å². The molecule has 1 unspecified atom stereocenters. The first kappa shape index (κ1) is 14.3. The van der Waals surface area contributed by atoms with Crippen LogP contribution in [0.25, 0.3) is 0 Å². The highest BCUT2D eigenvalue weighted by Gasteiger charge is 2.31. The first-order valence-electron chi connectivity index (χ1n) is 5.95. The van der Waals surface area contributed by atoms with E-state index in [1.54, 1.807) is 24.3 Å². The highest BCUT2D eigenvalue weighted by molar-refractivity contribution is 7.89. The maximum Gasteiger partial charge on any atom is 0.255 e. The number of likely N-dealkylation sites (tertiary alicyclic amines) is 1. The molecule has 0 saturated carbocycles. The van der Waals surface area contributed by atoms with Crippen LogP contribution in [0.3, 0.4) is 0 Å². The first-order chi connectivity index (χ1) is 8.89. The Balaban J connectivity index is 2.19. The maximum absolute atomic E-state index is 12.3. The molecule has 19 heavy (non-hydrogen) atoms. The van der Waals surface area contributed by atoms with Crippen molar-refractivity contribution in [3.8, 4) is 0 Å². The summed E-state index contributed by atoms with van der Waals surface area (Å²) in [4.78, 5) is 13.8. The minimum atomic E-state index is -3.61. The van der Waals surface area contributed by atoms with Crippen LogP contribution in [-0.2, 0) is 10.0 Å². The Hall–Kier alpha value is -1.11. The summed E-state index contributed by atoms with van der Waals surface area (Å²) in [5.41, 5.74) is 0.388. The van der Waals surface area contributed by atoms with E-state index in [1.807, 2.05) is 0 Å². The normalized spacial score (nSPS) is 20.3. The fourth-order valence-corrected chi connectivity index (χ4v) is 3.30. The third kappa shape index (κ3) is 3.26. The van der Waals surface area contributed by atoms with E-state index in [0.717, 1.165) is 0 Å². The third-order valence-electron chi connectivity index (χ3n) is 3.23. The number of sulfonamides is 1. The van der Waals surface area contributed by atoms with Gasteiger partial charge in [-0.1, -0.05) is 23.7 Å². The van der Waals surface area contributed by atoms with E-state index >= 15 is 0 Å². The van der Waals surface area contributed by atoms with Gasteiger partial charge >= 0.3 is 0 Å².